The number of hydrogen-bond donors (Lipinski definition) is 3. The fraction of sp³-hybridized carbons (Fsp3) is 0.667. The molecule has 7 rings (SSSR count). The number of nitrogens with two attached hydrogens (primary N) is 1. The number of pyridine rings is 1. The molecule has 1 aliphatic carbocycles. The number of carboxylic acids is 1. The third kappa shape index (κ3) is 18.1. The van der Waals surface area contributed by atoms with Crippen molar-refractivity contribution >= 4 is 34.4 Å². The van der Waals surface area contributed by atoms with Gasteiger partial charge in [0.05, 0.1) is 17.0 Å². The SMILES string of the molecule is CC(N)=NC(=N)N1CCN(c2cc3c(cc2F)c(=O)c(C(=O)O)cn3C2CC2)CC1.CN1CCCN(C)CCN(Cc2ccc(CN3CCCN(C)CCN(C)CCCN(C)CC3)cc2)CCCN(C)CC1. The molecule has 0 unspecified atom stereocenters. The Kier molecular flexibility index (Phi) is 22.3. The van der Waals surface area contributed by atoms with Crippen LogP contribution in [0.25, 0.3) is 10.9 Å². The maximum atomic E-state index is 15.0. The number of benzene rings is 2. The highest BCUT2D eigenvalue weighted by Gasteiger charge is 2.29. The summed E-state index contributed by atoms with van der Waals surface area (Å²) in [4.78, 5) is 52.0. The zero-order chi connectivity index (χ0) is 51.7. The molecule has 4 fully saturated rings. The molecule has 4 aliphatic rings. The van der Waals surface area contributed by atoms with Gasteiger partial charge in [0.1, 0.15) is 11.4 Å². The molecule has 3 aliphatic heterocycles. The summed E-state index contributed by atoms with van der Waals surface area (Å²) in [5, 5.41) is 17.4. The molecule has 0 radical (unpaired) electrons. The second-order valence-electron chi connectivity index (χ2n) is 21.3. The Balaban J connectivity index is 0.000000248. The molecule has 2 aromatic carbocycles. The molecule has 4 heterocycles. The van der Waals surface area contributed by atoms with Gasteiger partial charge in [0.25, 0.3) is 0 Å². The van der Waals surface area contributed by atoms with Crippen LogP contribution in [0.3, 0.4) is 0 Å². The highest BCUT2D eigenvalue weighted by Crippen LogP contribution is 2.38. The number of likely N-dealkylation sites (N-methyl/N-ethyl adjacent to an activating group) is 6. The number of carbonyl (C=O) groups is 1. The van der Waals surface area contributed by atoms with Crippen LogP contribution in [0, 0.1) is 11.2 Å². The number of guanidine groups is 1. The van der Waals surface area contributed by atoms with Crippen LogP contribution in [-0.4, -0.2) is 245 Å². The lowest BCUT2D eigenvalue weighted by Crippen LogP contribution is -2.48. The molecule has 400 valence electrons. The summed E-state index contributed by atoms with van der Waals surface area (Å²) in [6.07, 6.45) is 8.13. The van der Waals surface area contributed by atoms with Gasteiger partial charge in [0.2, 0.25) is 11.4 Å². The molecule has 3 aromatic rings. The summed E-state index contributed by atoms with van der Waals surface area (Å²) in [6, 6.07) is 12.5. The third-order valence-corrected chi connectivity index (χ3v) is 14.8. The van der Waals surface area contributed by atoms with Crippen molar-refractivity contribution in [2.24, 2.45) is 10.7 Å². The number of piperazine rings is 1. The summed E-state index contributed by atoms with van der Waals surface area (Å²) in [5.74, 6) is -1.49. The largest absolute Gasteiger partial charge is 0.477 e. The highest BCUT2D eigenvalue weighted by atomic mass is 19.1. The fourth-order valence-corrected chi connectivity index (χ4v) is 9.94. The minimum Gasteiger partial charge on any atom is -0.477 e. The van der Waals surface area contributed by atoms with E-state index in [1.165, 1.54) is 108 Å². The number of amidine groups is 1. The number of aromatic nitrogens is 1. The van der Waals surface area contributed by atoms with Gasteiger partial charge in [-0.15, -0.1) is 0 Å². The van der Waals surface area contributed by atoms with Crippen molar-refractivity contribution in [3.05, 3.63) is 75.3 Å². The number of aliphatic imine (C=N–C) groups is 1. The van der Waals surface area contributed by atoms with Gasteiger partial charge in [-0.3, -0.25) is 20.0 Å². The van der Waals surface area contributed by atoms with Crippen molar-refractivity contribution in [3.8, 4) is 0 Å². The van der Waals surface area contributed by atoms with E-state index in [1.54, 1.807) is 22.5 Å². The Bertz CT molecular complexity index is 2190. The number of anilines is 1. The summed E-state index contributed by atoms with van der Waals surface area (Å²) in [5.41, 5.74) is 8.32. The van der Waals surface area contributed by atoms with E-state index in [0.29, 0.717) is 43.2 Å². The van der Waals surface area contributed by atoms with Gasteiger partial charge in [0.15, 0.2) is 0 Å². The number of fused-ring (bicyclic) bond motifs is 1. The minimum atomic E-state index is -1.31. The van der Waals surface area contributed by atoms with E-state index in [9.17, 15) is 19.1 Å². The molecule has 0 amide bonds. The Morgan fingerprint density at radius 3 is 1.46 bits per heavy atom. The first kappa shape index (κ1) is 56.8. The molecule has 4 N–H and O–H groups in total. The standard InChI is InChI=1S/C34H66N8.C20H23FN6O3/c1-35-15-7-17-39(5)27-29-41(21-9-19-37(3)25-23-35)31-33-11-13-34(14-12-33)32-42-22-10-20-38(4)26-24-36(2)16-8-18-40(6)28-30-42;1-11(22)24-20(23)26-6-4-25(5-7-26)17-9-16-13(8-15(17)21)18(28)14(19(29)30)10-27(16)12-2-3-12/h11-14H,7-10,15-32H2,1-6H3;8-10,12H,2-7H2,1H3,(H,29,30)(H3,22,23,24). The summed E-state index contributed by atoms with van der Waals surface area (Å²) in [7, 11) is 13.7. The summed E-state index contributed by atoms with van der Waals surface area (Å²) in [6.45, 7) is 24.3. The molecule has 3 saturated heterocycles. The lowest BCUT2D eigenvalue weighted by Gasteiger charge is -2.36. The van der Waals surface area contributed by atoms with Crippen LogP contribution in [-0.2, 0) is 13.1 Å². The normalized spacial score (nSPS) is 21.5. The topological polar surface area (TPSA) is 154 Å². The number of nitrogens with zero attached hydrogens (tertiary/aromatic N) is 12. The predicted octanol–water partition coefficient (Wildman–Crippen LogP) is 4.08. The number of hydrogen-bond acceptors (Lipinski definition) is 12. The minimum absolute atomic E-state index is 0.0798. The molecule has 0 bridgehead atoms. The van der Waals surface area contributed by atoms with Crippen molar-refractivity contribution in [2.45, 2.75) is 64.6 Å². The number of rotatable bonds is 7. The van der Waals surface area contributed by atoms with Crippen molar-refractivity contribution in [1.82, 2.24) is 48.7 Å². The second-order valence-corrected chi connectivity index (χ2v) is 21.3. The van der Waals surface area contributed by atoms with Gasteiger partial charge in [-0.1, -0.05) is 24.3 Å². The van der Waals surface area contributed by atoms with E-state index < -0.39 is 17.2 Å². The van der Waals surface area contributed by atoms with Crippen molar-refractivity contribution < 1.29 is 14.3 Å². The van der Waals surface area contributed by atoms with E-state index in [2.05, 4.69) is 111 Å². The molecule has 1 saturated carbocycles. The number of aromatic carboxylic acids is 1. The lowest BCUT2D eigenvalue weighted by molar-refractivity contribution is 0.0694. The lowest BCUT2D eigenvalue weighted by atomic mass is 10.1. The fourth-order valence-electron chi connectivity index (χ4n) is 9.94. The van der Waals surface area contributed by atoms with Gasteiger partial charge in [0, 0.05) is 109 Å². The maximum Gasteiger partial charge on any atom is 0.341 e. The van der Waals surface area contributed by atoms with Crippen LogP contribution in [0.2, 0.25) is 0 Å². The Morgan fingerprint density at radius 1 is 0.639 bits per heavy atom. The highest BCUT2D eigenvalue weighted by molar-refractivity contribution is 5.94. The number of nitrogens with one attached hydrogen (secondary N) is 1. The number of halogens is 1. The summed E-state index contributed by atoms with van der Waals surface area (Å²) >= 11 is 0. The molecular weight excluding hydrogens is 912 g/mol. The Morgan fingerprint density at radius 2 is 1.06 bits per heavy atom. The third-order valence-electron chi connectivity index (χ3n) is 14.8. The summed E-state index contributed by atoms with van der Waals surface area (Å²) < 4.78 is 16.7. The van der Waals surface area contributed by atoms with E-state index in [1.807, 2.05) is 4.90 Å². The zero-order valence-corrected chi connectivity index (χ0v) is 45.0. The first-order valence-corrected chi connectivity index (χ1v) is 26.7. The predicted molar refractivity (Wildman–Crippen MR) is 293 cm³/mol. The molecular formula is C54H89FN14O3. The molecule has 72 heavy (non-hydrogen) atoms. The molecule has 1 aromatic heterocycles. The van der Waals surface area contributed by atoms with Crippen LogP contribution in [0.5, 0.6) is 0 Å². The molecule has 0 atom stereocenters. The van der Waals surface area contributed by atoms with E-state index in [4.69, 9.17) is 11.1 Å². The Hall–Kier alpha value is -4.53. The Labute approximate surface area is 430 Å². The van der Waals surface area contributed by atoms with Crippen LogP contribution in [0.4, 0.5) is 10.1 Å². The van der Waals surface area contributed by atoms with Crippen LogP contribution < -0.4 is 16.1 Å². The van der Waals surface area contributed by atoms with Crippen molar-refractivity contribution in [3.63, 3.8) is 0 Å². The van der Waals surface area contributed by atoms with E-state index in [0.717, 1.165) is 71.3 Å². The average Bonchev–Trinajstić information content (AvgIpc) is 4.19. The molecule has 18 heteroatoms. The van der Waals surface area contributed by atoms with Crippen molar-refractivity contribution in [1.29, 1.82) is 5.41 Å². The first-order chi connectivity index (χ1) is 34.5. The smallest absolute Gasteiger partial charge is 0.341 e. The van der Waals surface area contributed by atoms with E-state index >= 15 is 0 Å². The molecule has 0 spiro atoms. The van der Waals surface area contributed by atoms with Gasteiger partial charge in [-0.2, -0.15) is 0 Å². The average molecular weight is 1000 g/mol. The maximum absolute atomic E-state index is 15.0. The van der Waals surface area contributed by atoms with Gasteiger partial charge >= 0.3 is 5.97 Å². The number of carboxylic acid groups (broad SMARTS) is 1. The van der Waals surface area contributed by atoms with Crippen LogP contribution in [0.15, 0.2) is 52.4 Å². The van der Waals surface area contributed by atoms with Gasteiger partial charge < -0.3 is 54.6 Å². The monoisotopic (exact) mass is 1000 g/mol. The zero-order valence-electron chi connectivity index (χ0n) is 45.0. The first-order valence-electron chi connectivity index (χ1n) is 26.7. The molecule has 17 nitrogen and oxygen atoms in total. The van der Waals surface area contributed by atoms with Gasteiger partial charge in [-0.25, -0.2) is 14.2 Å². The van der Waals surface area contributed by atoms with Crippen molar-refractivity contribution in [2.75, 3.05) is 178 Å². The van der Waals surface area contributed by atoms with Crippen LogP contribution >= 0.6 is 0 Å². The van der Waals surface area contributed by atoms with E-state index in [-0.39, 0.29) is 23.0 Å². The second kappa shape index (κ2) is 28.2. The van der Waals surface area contributed by atoms with Gasteiger partial charge in [-0.05, 0) is 163 Å². The quantitative estimate of drug-likeness (QED) is 0.230. The van der Waals surface area contributed by atoms with Crippen LogP contribution in [0.1, 0.15) is 73.0 Å².